The topological polar surface area (TPSA) is 123 Å². The van der Waals surface area contributed by atoms with Crippen molar-refractivity contribution in [3.8, 4) is 17.1 Å². The Hall–Kier alpha value is -3.48. The number of aliphatic hydroxyl groups is 1. The molecule has 0 bridgehead atoms. The maximum atomic E-state index is 14.7. The molecular weight excluding hydrogens is 575 g/mol. The van der Waals surface area contributed by atoms with Crippen LogP contribution in [0.3, 0.4) is 0 Å². The Morgan fingerprint density at radius 3 is 2.60 bits per heavy atom. The van der Waals surface area contributed by atoms with E-state index in [2.05, 4.69) is 5.32 Å². The number of methoxy groups -OCH3 is 1. The van der Waals surface area contributed by atoms with Gasteiger partial charge in [0.05, 0.1) is 42.5 Å². The first-order valence-corrected chi connectivity index (χ1v) is 15.7. The van der Waals surface area contributed by atoms with Gasteiger partial charge >= 0.3 is 5.97 Å². The summed E-state index contributed by atoms with van der Waals surface area (Å²) in [6, 6.07) is 4.51. The Labute approximate surface area is 254 Å². The molecule has 0 radical (unpaired) electrons. The Balaban J connectivity index is 1.91. The third-order valence-electron chi connectivity index (χ3n) is 7.86. The molecule has 2 N–H and O–H groups in total. The quantitative estimate of drug-likeness (QED) is 0.219. The molecule has 1 aliphatic rings. The summed E-state index contributed by atoms with van der Waals surface area (Å²) in [6.07, 6.45) is 2.57. The van der Waals surface area contributed by atoms with Crippen molar-refractivity contribution in [2.24, 2.45) is 0 Å². The summed E-state index contributed by atoms with van der Waals surface area (Å²) in [6.45, 7) is 4.23. The first-order valence-electron chi connectivity index (χ1n) is 14.3. The lowest BCUT2D eigenvalue weighted by Crippen LogP contribution is -2.47. The third kappa shape index (κ3) is 6.27. The highest BCUT2D eigenvalue weighted by Gasteiger charge is 2.41. The fourth-order valence-electron chi connectivity index (χ4n) is 5.44. The predicted molar refractivity (Wildman–Crippen MR) is 165 cm³/mol. The smallest absolute Gasteiger partial charge is 0.306 e. The molecule has 1 amide bonds. The first kappa shape index (κ1) is 32.4. The molecule has 10 nitrogen and oxygen atoms in total. The molecule has 12 heteroatoms. The summed E-state index contributed by atoms with van der Waals surface area (Å²) in [5.41, 5.74) is 0.444. The molecular formula is C31H39FN4O6S. The number of carbonyl (C=O) groups is 2. The van der Waals surface area contributed by atoms with E-state index in [9.17, 15) is 23.9 Å². The summed E-state index contributed by atoms with van der Waals surface area (Å²) in [7, 11) is 5.13. The number of nitrogens with zero attached hydrogens (tertiary/aromatic N) is 3. The Kier molecular flexibility index (Phi) is 10.1. The van der Waals surface area contributed by atoms with E-state index in [1.807, 2.05) is 32.2 Å². The number of thioether (sulfide) groups is 1. The van der Waals surface area contributed by atoms with Gasteiger partial charge in [0.1, 0.15) is 6.61 Å². The van der Waals surface area contributed by atoms with Crippen LogP contribution in [0.4, 0.5) is 4.39 Å². The lowest BCUT2D eigenvalue weighted by Gasteiger charge is -2.29. The first-order chi connectivity index (χ1) is 20.5. The van der Waals surface area contributed by atoms with E-state index >= 15 is 0 Å². The van der Waals surface area contributed by atoms with Crippen LogP contribution in [0, 0.1) is 5.82 Å². The number of aryl methyl sites for hydroxylation is 1. The average Bonchev–Trinajstić information content (AvgIpc) is 3.35. The van der Waals surface area contributed by atoms with Gasteiger partial charge in [-0.15, -0.1) is 0 Å². The second-order valence-corrected chi connectivity index (χ2v) is 11.8. The van der Waals surface area contributed by atoms with Crippen LogP contribution in [0.2, 0.25) is 0 Å². The second kappa shape index (κ2) is 13.4. The Morgan fingerprint density at radius 2 is 1.98 bits per heavy atom. The molecule has 0 saturated carbocycles. The largest absolute Gasteiger partial charge is 0.494 e. The third-order valence-corrected chi connectivity index (χ3v) is 8.47. The minimum absolute atomic E-state index is 0.0245. The summed E-state index contributed by atoms with van der Waals surface area (Å²) in [5.74, 6) is -1.06. The fraction of sp³-hybridized carbons (Fsp3) is 0.484. The average molecular weight is 615 g/mol. The summed E-state index contributed by atoms with van der Waals surface area (Å²) in [5, 5.41) is 15.4. The van der Waals surface area contributed by atoms with Crippen LogP contribution in [0.1, 0.15) is 48.9 Å². The summed E-state index contributed by atoms with van der Waals surface area (Å²) >= 11 is 1.49. The monoisotopic (exact) mass is 614 g/mol. The number of benzene rings is 1. The van der Waals surface area contributed by atoms with E-state index in [0.717, 1.165) is 11.1 Å². The molecule has 0 saturated heterocycles. The molecule has 0 unspecified atom stereocenters. The number of likely N-dealkylation sites (N-methyl/N-ethyl adjacent to an activating group) is 1. The van der Waals surface area contributed by atoms with E-state index in [-0.39, 0.29) is 42.8 Å². The molecule has 1 aromatic carbocycles. The van der Waals surface area contributed by atoms with Gasteiger partial charge in [-0.25, -0.2) is 9.37 Å². The Bertz CT molecular complexity index is 1610. The van der Waals surface area contributed by atoms with Crippen molar-refractivity contribution in [2.75, 3.05) is 46.3 Å². The van der Waals surface area contributed by atoms with Gasteiger partial charge in [-0.05, 0) is 50.9 Å². The van der Waals surface area contributed by atoms with Gasteiger partial charge in [-0.2, -0.15) is 11.8 Å². The number of hydrogen-bond acceptors (Lipinski definition) is 9. The van der Waals surface area contributed by atoms with Crippen LogP contribution in [-0.4, -0.2) is 77.7 Å². The normalized spacial score (nSPS) is 13.5. The number of hydrogen-bond donors (Lipinski definition) is 2. The van der Waals surface area contributed by atoms with Crippen LogP contribution in [0.15, 0.2) is 23.0 Å². The van der Waals surface area contributed by atoms with Crippen LogP contribution < -0.4 is 15.6 Å². The van der Waals surface area contributed by atoms with Crippen molar-refractivity contribution in [3.63, 3.8) is 0 Å². The highest BCUT2D eigenvalue weighted by Crippen LogP contribution is 2.40. The maximum Gasteiger partial charge on any atom is 0.306 e. The number of fused-ring (bicyclic) bond motifs is 4. The van der Waals surface area contributed by atoms with Gasteiger partial charge in [0.25, 0.3) is 11.5 Å². The van der Waals surface area contributed by atoms with Gasteiger partial charge in [-0.3, -0.25) is 14.4 Å². The zero-order valence-corrected chi connectivity index (χ0v) is 26.3. The number of aromatic nitrogens is 2. The van der Waals surface area contributed by atoms with Crippen LogP contribution >= 0.6 is 11.8 Å². The zero-order chi connectivity index (χ0) is 31.5. The van der Waals surface area contributed by atoms with Crippen molar-refractivity contribution in [1.82, 2.24) is 19.8 Å². The molecule has 0 aliphatic carbocycles. The SMILES string of the molecule is CCc1c2c(nc3cc(F)c(OC)cc13)-c1cc([C@@](O)(CC)C(=O)NCCN(C)C)c(COC(=O)CCSC)c(=O)n1C2. The van der Waals surface area contributed by atoms with Crippen LogP contribution in [0.25, 0.3) is 22.3 Å². The highest BCUT2D eigenvalue weighted by molar-refractivity contribution is 7.98. The number of halogens is 1. The molecule has 3 aromatic rings. The van der Waals surface area contributed by atoms with E-state index in [4.69, 9.17) is 14.5 Å². The maximum absolute atomic E-state index is 14.7. The lowest BCUT2D eigenvalue weighted by atomic mass is 9.86. The van der Waals surface area contributed by atoms with Crippen LogP contribution in [-0.2, 0) is 39.5 Å². The van der Waals surface area contributed by atoms with E-state index in [1.165, 1.54) is 29.5 Å². The fourth-order valence-corrected chi connectivity index (χ4v) is 5.82. The molecule has 1 aliphatic heterocycles. The molecule has 4 rings (SSSR count). The van der Waals surface area contributed by atoms with Gasteiger partial charge in [0.15, 0.2) is 17.2 Å². The molecule has 43 heavy (non-hydrogen) atoms. The van der Waals surface area contributed by atoms with Crippen molar-refractivity contribution < 1.29 is 28.6 Å². The minimum Gasteiger partial charge on any atom is -0.494 e. The van der Waals surface area contributed by atoms with Crippen molar-refractivity contribution in [3.05, 3.63) is 56.6 Å². The molecule has 0 spiro atoms. The standard InChI is InChI=1S/C31H39FN4O6S/c1-7-18-19-13-26(41-5)23(32)15-24(19)34-28-20(18)16-36-25(28)14-22(21(29(36)38)17-42-27(37)9-12-43-6)31(40,8-2)30(39)33-10-11-35(3)4/h13-15,40H,7-12,16-17H2,1-6H3,(H,33,39)/t31-/m0/s1. The summed E-state index contributed by atoms with van der Waals surface area (Å²) in [4.78, 5) is 46.7. The van der Waals surface area contributed by atoms with E-state index < -0.39 is 35.5 Å². The van der Waals surface area contributed by atoms with Crippen LogP contribution in [0.5, 0.6) is 5.75 Å². The molecule has 232 valence electrons. The molecule has 2 aromatic heterocycles. The van der Waals surface area contributed by atoms with E-state index in [1.54, 1.807) is 19.1 Å². The predicted octanol–water partition coefficient (Wildman–Crippen LogP) is 3.21. The number of rotatable bonds is 13. The number of ether oxygens (including phenoxy) is 2. The van der Waals surface area contributed by atoms with Gasteiger partial charge in [0, 0.05) is 41.4 Å². The van der Waals surface area contributed by atoms with E-state index in [0.29, 0.717) is 41.0 Å². The number of pyridine rings is 2. The van der Waals surface area contributed by atoms with Crippen molar-refractivity contribution >= 4 is 34.5 Å². The molecule has 0 fully saturated rings. The Morgan fingerprint density at radius 1 is 1.23 bits per heavy atom. The number of amides is 1. The van der Waals surface area contributed by atoms with Crippen molar-refractivity contribution in [2.45, 2.75) is 51.9 Å². The van der Waals surface area contributed by atoms with Gasteiger partial charge < -0.3 is 29.4 Å². The second-order valence-electron chi connectivity index (χ2n) is 10.8. The number of esters is 1. The van der Waals surface area contributed by atoms with Gasteiger partial charge in [-0.1, -0.05) is 13.8 Å². The zero-order valence-electron chi connectivity index (χ0n) is 25.5. The van der Waals surface area contributed by atoms with Gasteiger partial charge in [0.2, 0.25) is 0 Å². The highest BCUT2D eigenvalue weighted by atomic mass is 32.2. The lowest BCUT2D eigenvalue weighted by molar-refractivity contribution is -0.144. The minimum atomic E-state index is -2.09. The molecule has 3 heterocycles. The number of carbonyl (C=O) groups excluding carboxylic acids is 2. The summed E-state index contributed by atoms with van der Waals surface area (Å²) < 4.78 is 26.9. The molecule has 1 atom stereocenters. The van der Waals surface area contributed by atoms with Crippen molar-refractivity contribution in [1.29, 1.82) is 0 Å². The number of nitrogens with one attached hydrogen (secondary N) is 1.